The first kappa shape index (κ1) is 27.6. The molecule has 192 valence electrons. The molecular weight excluding hydrogens is 505 g/mol. The molecule has 38 heavy (non-hydrogen) atoms. The van der Waals surface area contributed by atoms with Gasteiger partial charge in [-0.3, -0.25) is 4.99 Å². The van der Waals surface area contributed by atoms with Crippen LogP contribution in [0.5, 0.6) is 0 Å². The molecule has 3 heteroatoms. The molecule has 7 rings (SSSR count). The summed E-state index contributed by atoms with van der Waals surface area (Å²) in [6.07, 6.45) is 15.5. The maximum absolute atomic E-state index is 4.20. The summed E-state index contributed by atoms with van der Waals surface area (Å²) >= 11 is 0. The van der Waals surface area contributed by atoms with E-state index in [-0.39, 0.29) is 24.8 Å². The van der Waals surface area contributed by atoms with Gasteiger partial charge in [0.05, 0.1) is 6.54 Å². The van der Waals surface area contributed by atoms with Gasteiger partial charge < -0.3 is 0 Å². The summed E-state index contributed by atoms with van der Waals surface area (Å²) in [5, 5.41) is 5.71. The van der Waals surface area contributed by atoms with E-state index in [2.05, 4.69) is 108 Å². The van der Waals surface area contributed by atoms with Crippen LogP contribution in [-0.2, 0) is 25.8 Å². The Morgan fingerprint density at radius 3 is 2.39 bits per heavy atom. The highest BCUT2D eigenvalue weighted by Crippen LogP contribution is 2.23. The van der Waals surface area contributed by atoms with Crippen molar-refractivity contribution in [3.8, 4) is 0 Å². The lowest BCUT2D eigenvalue weighted by molar-refractivity contribution is 0.600. The lowest BCUT2D eigenvalue weighted by Crippen LogP contribution is -2.23. The zero-order chi connectivity index (χ0) is 24.2. The van der Waals surface area contributed by atoms with Crippen molar-refractivity contribution >= 4 is 49.3 Å². The molecule has 1 aliphatic heterocycles. The van der Waals surface area contributed by atoms with Crippen molar-refractivity contribution in [2.75, 3.05) is 0 Å². The number of halogens is 2. The van der Waals surface area contributed by atoms with Crippen LogP contribution in [0.1, 0.15) is 34.2 Å². The predicted octanol–water partition coefficient (Wildman–Crippen LogP) is 7.02. The van der Waals surface area contributed by atoms with Crippen LogP contribution in [0.2, 0.25) is 0 Å². The second-order valence-electron chi connectivity index (χ2n) is 9.86. The second-order valence-corrected chi connectivity index (χ2v) is 9.86. The highest BCUT2D eigenvalue weighted by molar-refractivity contribution is 5.85. The van der Waals surface area contributed by atoms with E-state index >= 15 is 0 Å². The number of rotatable bonds is 2. The number of allylic oxidation sites excluding steroid dienone is 1. The van der Waals surface area contributed by atoms with Crippen molar-refractivity contribution in [2.24, 2.45) is 10.9 Å². The van der Waals surface area contributed by atoms with Crippen molar-refractivity contribution < 1.29 is 0 Å². The van der Waals surface area contributed by atoms with Crippen LogP contribution in [0.3, 0.4) is 0 Å². The third kappa shape index (κ3) is 6.01. The monoisotopic (exact) mass is 537 g/mol. The largest absolute Gasteiger partial charge is 0.288 e. The molecule has 1 heterocycles. The van der Waals surface area contributed by atoms with E-state index in [1.165, 1.54) is 50.4 Å². The first-order valence-electron chi connectivity index (χ1n) is 13.1. The molecule has 0 bridgehead atoms. The number of benzene rings is 4. The fraction of sp³-hybridized carbons (Fsp3) is 0.171. The van der Waals surface area contributed by atoms with Gasteiger partial charge in [0.25, 0.3) is 0 Å². The number of fused-ring (bicyclic) bond motifs is 5. The zero-order valence-corrected chi connectivity index (χ0v) is 23.1. The Balaban J connectivity index is 0.000000219. The topological polar surface area (TPSA) is 12.4 Å². The molecule has 3 aliphatic rings. The van der Waals surface area contributed by atoms with Gasteiger partial charge in [-0.15, -0.1) is 24.8 Å². The molecule has 1 nitrogen and oxygen atoms in total. The lowest BCUT2D eigenvalue weighted by atomic mass is 9.83. The van der Waals surface area contributed by atoms with Crippen molar-refractivity contribution in [3.63, 3.8) is 0 Å². The SMILES string of the molecule is C1=Cc2ccccc2CN=C1.C1=c2ccc3c(c2CCC1Cc1ccccc1)CC=c1ccccc1=3.Cl.Cl. The van der Waals surface area contributed by atoms with Crippen LogP contribution in [-0.4, -0.2) is 6.21 Å². The van der Waals surface area contributed by atoms with Crippen molar-refractivity contribution in [2.45, 2.75) is 32.2 Å². The molecule has 0 amide bonds. The van der Waals surface area contributed by atoms with E-state index in [1.807, 2.05) is 18.4 Å². The van der Waals surface area contributed by atoms with Gasteiger partial charge in [-0.25, -0.2) is 0 Å². The second kappa shape index (κ2) is 12.9. The smallest absolute Gasteiger partial charge is 0.0645 e. The Kier molecular flexibility index (Phi) is 9.39. The van der Waals surface area contributed by atoms with Gasteiger partial charge in [0.1, 0.15) is 0 Å². The van der Waals surface area contributed by atoms with Crippen LogP contribution >= 0.6 is 24.8 Å². The van der Waals surface area contributed by atoms with Gasteiger partial charge in [-0.2, -0.15) is 0 Å². The maximum atomic E-state index is 4.20. The van der Waals surface area contributed by atoms with Gasteiger partial charge in [0.2, 0.25) is 0 Å². The molecule has 1 atom stereocenters. The molecule has 1 unspecified atom stereocenters. The fourth-order valence-corrected chi connectivity index (χ4v) is 5.72. The molecule has 0 spiro atoms. The number of nitrogens with zero attached hydrogens (tertiary/aromatic N) is 1. The summed E-state index contributed by atoms with van der Waals surface area (Å²) in [6.45, 7) is 0.809. The van der Waals surface area contributed by atoms with Crippen LogP contribution < -0.4 is 10.4 Å². The van der Waals surface area contributed by atoms with Crippen molar-refractivity contribution in [1.82, 2.24) is 0 Å². The summed E-state index contributed by atoms with van der Waals surface area (Å²) in [5.41, 5.74) is 7.19. The first-order chi connectivity index (χ1) is 17.8. The Morgan fingerprint density at radius 2 is 1.50 bits per heavy atom. The molecule has 0 fully saturated rings. The van der Waals surface area contributed by atoms with E-state index in [1.54, 1.807) is 11.1 Å². The molecule has 4 aromatic carbocycles. The minimum atomic E-state index is 0. The summed E-state index contributed by atoms with van der Waals surface area (Å²) in [5.74, 6) is 0.660. The molecular formula is C35H33Cl2N. The molecule has 0 N–H and O–H groups in total. The van der Waals surface area contributed by atoms with Crippen molar-refractivity contribution in [3.05, 3.63) is 146 Å². The quantitative estimate of drug-likeness (QED) is 0.260. The number of hydrogen-bond acceptors (Lipinski definition) is 1. The van der Waals surface area contributed by atoms with E-state index in [4.69, 9.17) is 0 Å². The van der Waals surface area contributed by atoms with Gasteiger partial charge in [0.15, 0.2) is 0 Å². The molecule has 2 aliphatic carbocycles. The maximum Gasteiger partial charge on any atom is 0.0645 e. The normalized spacial score (nSPS) is 15.6. The third-order valence-corrected chi connectivity index (χ3v) is 7.55. The number of hydrogen-bond donors (Lipinski definition) is 0. The summed E-state index contributed by atoms with van der Waals surface area (Å²) in [7, 11) is 0. The molecule has 0 saturated heterocycles. The van der Waals surface area contributed by atoms with Crippen LogP contribution in [0, 0.1) is 16.4 Å². The lowest BCUT2D eigenvalue weighted by Gasteiger charge is -2.22. The first-order valence-corrected chi connectivity index (χ1v) is 13.1. The summed E-state index contributed by atoms with van der Waals surface area (Å²) < 4.78 is 0. The van der Waals surface area contributed by atoms with Gasteiger partial charge >= 0.3 is 0 Å². The van der Waals surface area contributed by atoms with E-state index in [0.717, 1.165) is 19.4 Å². The Labute approximate surface area is 237 Å². The van der Waals surface area contributed by atoms with Gasteiger partial charge in [-0.1, -0.05) is 109 Å². The van der Waals surface area contributed by atoms with E-state index in [9.17, 15) is 0 Å². The van der Waals surface area contributed by atoms with Crippen LogP contribution in [0.15, 0.2) is 102 Å². The van der Waals surface area contributed by atoms with Crippen LogP contribution in [0.25, 0.3) is 18.2 Å². The highest BCUT2D eigenvalue weighted by atomic mass is 35.5. The average molecular weight is 539 g/mol. The summed E-state index contributed by atoms with van der Waals surface area (Å²) in [6, 6.07) is 32.7. The summed E-state index contributed by atoms with van der Waals surface area (Å²) in [4.78, 5) is 4.20. The average Bonchev–Trinajstić information content (AvgIpc) is 3.19. The Morgan fingerprint density at radius 1 is 0.711 bits per heavy atom. The van der Waals surface area contributed by atoms with Crippen molar-refractivity contribution in [1.29, 1.82) is 0 Å². The van der Waals surface area contributed by atoms with E-state index in [0.29, 0.717) is 5.92 Å². The zero-order valence-electron chi connectivity index (χ0n) is 21.4. The third-order valence-electron chi connectivity index (χ3n) is 7.55. The fourth-order valence-electron chi connectivity index (χ4n) is 5.72. The minimum Gasteiger partial charge on any atom is -0.288 e. The molecule has 0 saturated carbocycles. The Bertz CT molecular complexity index is 1670. The van der Waals surface area contributed by atoms with Crippen LogP contribution in [0.4, 0.5) is 0 Å². The van der Waals surface area contributed by atoms with Gasteiger partial charge in [0, 0.05) is 6.21 Å². The standard InChI is InChI=1S/C25H22.C10H9N.2ClH/c1-2-6-18(7-3-1)16-19-10-13-23-21(17-19)12-15-24-22-9-5-4-8-20(22)11-14-25(23)24;1-2-5-10-8-11-7-3-6-9(10)4-1;;/h1-9,11-12,15,17,19H,10,13-14,16H2;1-7H,8H2;2*1H. The molecule has 0 aromatic heterocycles. The van der Waals surface area contributed by atoms with Gasteiger partial charge in [-0.05, 0) is 86.4 Å². The number of aliphatic imine (C=N–C) groups is 1. The van der Waals surface area contributed by atoms with E-state index < -0.39 is 0 Å². The minimum absolute atomic E-state index is 0. The predicted molar refractivity (Wildman–Crippen MR) is 167 cm³/mol. The Hall–Kier alpha value is -3.39. The molecule has 4 aromatic rings. The molecule has 0 radical (unpaired) electrons. The highest BCUT2D eigenvalue weighted by Gasteiger charge is 2.17.